The number of hydrogen-bond donors (Lipinski definition) is 2. The maximum atomic E-state index is 13.0. The Morgan fingerprint density at radius 1 is 1.11 bits per heavy atom. The topological polar surface area (TPSA) is 58.9 Å². The molecule has 2 aromatic carbocycles. The molecule has 0 saturated heterocycles. The third-order valence-corrected chi connectivity index (χ3v) is 4.43. The van der Waals surface area contributed by atoms with Crippen LogP contribution in [0.5, 0.6) is 0 Å². The lowest BCUT2D eigenvalue weighted by atomic mass is 10.0. The fourth-order valence-corrected chi connectivity index (χ4v) is 3.03. The molecule has 3 rings (SSSR count). The van der Waals surface area contributed by atoms with Crippen LogP contribution in [0.25, 0.3) is 0 Å². The Kier molecular flexibility index (Phi) is 6.06. The number of alkyl halides is 3. The van der Waals surface area contributed by atoms with Gasteiger partial charge in [0.05, 0.1) is 16.8 Å². The minimum atomic E-state index is -4.60. The molecule has 8 heteroatoms. The molecule has 146 valence electrons. The zero-order valence-electron chi connectivity index (χ0n) is 14.5. The van der Waals surface area contributed by atoms with Gasteiger partial charge in [-0.2, -0.15) is 13.2 Å². The van der Waals surface area contributed by atoms with E-state index in [0.717, 1.165) is 17.7 Å². The van der Waals surface area contributed by atoms with Crippen LogP contribution in [0.15, 0.2) is 71.3 Å². The fourth-order valence-electron chi connectivity index (χ4n) is 2.80. The van der Waals surface area contributed by atoms with Crippen LogP contribution in [0.1, 0.15) is 22.9 Å². The SMILES string of the molecule is O=C(C[NH2+][C@H](c1ccccc1)c1ccco1)Nc1ccc(Cl)c(C(F)(F)F)c1. The Morgan fingerprint density at radius 3 is 2.50 bits per heavy atom. The van der Waals surface area contributed by atoms with Gasteiger partial charge in [-0.1, -0.05) is 41.9 Å². The summed E-state index contributed by atoms with van der Waals surface area (Å²) in [5.41, 5.74) is -0.0193. The zero-order valence-corrected chi connectivity index (χ0v) is 15.3. The fraction of sp³-hybridized carbons (Fsp3) is 0.150. The third kappa shape index (κ3) is 4.94. The lowest BCUT2D eigenvalue weighted by Gasteiger charge is -2.14. The molecule has 1 heterocycles. The molecule has 0 aliphatic carbocycles. The molecular formula is C20H17ClF3N2O2+. The predicted molar refractivity (Wildman–Crippen MR) is 98.9 cm³/mol. The molecule has 3 N–H and O–H groups in total. The molecule has 0 radical (unpaired) electrons. The average molecular weight is 410 g/mol. The normalized spacial score (nSPS) is 12.6. The van der Waals surface area contributed by atoms with Gasteiger partial charge in [0.25, 0.3) is 5.91 Å². The van der Waals surface area contributed by atoms with Crippen molar-refractivity contribution >= 4 is 23.2 Å². The molecule has 0 fully saturated rings. The van der Waals surface area contributed by atoms with Crippen molar-refractivity contribution in [2.75, 3.05) is 11.9 Å². The van der Waals surface area contributed by atoms with Crippen LogP contribution in [0, 0.1) is 0 Å². The van der Waals surface area contributed by atoms with Gasteiger partial charge in [-0.05, 0) is 30.3 Å². The number of amides is 1. The average Bonchev–Trinajstić information content (AvgIpc) is 3.18. The van der Waals surface area contributed by atoms with Crippen LogP contribution in [0.3, 0.4) is 0 Å². The van der Waals surface area contributed by atoms with Crippen molar-refractivity contribution in [1.29, 1.82) is 0 Å². The molecule has 0 spiro atoms. The van der Waals surface area contributed by atoms with Crippen LogP contribution in [0.4, 0.5) is 18.9 Å². The minimum absolute atomic E-state index is 0.00968. The van der Waals surface area contributed by atoms with Crippen molar-refractivity contribution in [1.82, 2.24) is 0 Å². The minimum Gasteiger partial charge on any atom is -0.463 e. The number of nitrogens with one attached hydrogen (secondary N) is 1. The van der Waals surface area contributed by atoms with E-state index in [4.69, 9.17) is 16.0 Å². The summed E-state index contributed by atoms with van der Waals surface area (Å²) in [6.45, 7) is -0.00968. The number of nitrogens with two attached hydrogens (primary N) is 1. The standard InChI is InChI=1S/C20H16ClF3N2O2/c21-16-9-8-14(11-15(16)20(22,23)24)26-18(27)12-25-19(17-7-4-10-28-17)13-5-2-1-3-6-13/h1-11,19,25H,12H2,(H,26,27)/p+1/t19-/m1/s1. The highest BCUT2D eigenvalue weighted by Crippen LogP contribution is 2.36. The van der Waals surface area contributed by atoms with Crippen molar-refractivity contribution in [2.45, 2.75) is 12.2 Å². The van der Waals surface area contributed by atoms with Crippen molar-refractivity contribution in [3.05, 3.63) is 88.8 Å². The number of carbonyl (C=O) groups is 1. The number of carbonyl (C=O) groups excluding carboxylic acids is 1. The Labute approximate surface area is 164 Å². The van der Waals surface area contributed by atoms with Gasteiger partial charge in [-0.3, -0.25) is 4.79 Å². The van der Waals surface area contributed by atoms with E-state index >= 15 is 0 Å². The molecule has 28 heavy (non-hydrogen) atoms. The summed E-state index contributed by atoms with van der Waals surface area (Å²) in [6.07, 6.45) is -3.05. The molecule has 0 saturated carbocycles. The maximum Gasteiger partial charge on any atom is 0.417 e. The molecule has 0 aliphatic rings. The van der Waals surface area contributed by atoms with E-state index in [9.17, 15) is 18.0 Å². The van der Waals surface area contributed by atoms with Gasteiger partial charge in [0.1, 0.15) is 0 Å². The molecule has 0 bridgehead atoms. The van der Waals surface area contributed by atoms with E-state index in [1.165, 1.54) is 6.07 Å². The van der Waals surface area contributed by atoms with E-state index in [0.29, 0.717) is 5.76 Å². The van der Waals surface area contributed by atoms with E-state index in [1.54, 1.807) is 23.7 Å². The summed E-state index contributed by atoms with van der Waals surface area (Å²) in [6, 6.07) is 16.0. The second-order valence-electron chi connectivity index (χ2n) is 6.08. The van der Waals surface area contributed by atoms with Crippen LogP contribution in [-0.4, -0.2) is 12.5 Å². The van der Waals surface area contributed by atoms with Gasteiger partial charge in [0.2, 0.25) is 0 Å². The highest BCUT2D eigenvalue weighted by molar-refractivity contribution is 6.31. The first-order valence-corrected chi connectivity index (χ1v) is 8.80. The van der Waals surface area contributed by atoms with Gasteiger partial charge >= 0.3 is 6.18 Å². The van der Waals surface area contributed by atoms with Crippen LogP contribution < -0.4 is 10.6 Å². The van der Waals surface area contributed by atoms with Crippen molar-refractivity contribution in [2.24, 2.45) is 0 Å². The largest absolute Gasteiger partial charge is 0.463 e. The molecular weight excluding hydrogens is 393 g/mol. The predicted octanol–water partition coefficient (Wildman–Crippen LogP) is 4.24. The van der Waals surface area contributed by atoms with Gasteiger partial charge in [-0.15, -0.1) is 0 Å². The quantitative estimate of drug-likeness (QED) is 0.639. The second kappa shape index (κ2) is 8.50. The number of quaternary nitrogens is 1. The number of anilines is 1. The van der Waals surface area contributed by atoms with Gasteiger partial charge in [0, 0.05) is 11.3 Å². The first kappa shape index (κ1) is 20.0. The number of furan rings is 1. The highest BCUT2D eigenvalue weighted by atomic mass is 35.5. The molecule has 1 amide bonds. The number of hydrogen-bond acceptors (Lipinski definition) is 2. The number of rotatable bonds is 6. The summed E-state index contributed by atoms with van der Waals surface area (Å²) < 4.78 is 44.3. The molecule has 1 aromatic heterocycles. The smallest absolute Gasteiger partial charge is 0.417 e. The second-order valence-corrected chi connectivity index (χ2v) is 6.49. The summed E-state index contributed by atoms with van der Waals surface area (Å²) in [4.78, 5) is 12.3. The van der Waals surface area contributed by atoms with Crippen LogP contribution in [-0.2, 0) is 11.0 Å². The van der Waals surface area contributed by atoms with E-state index in [-0.39, 0.29) is 18.3 Å². The Bertz CT molecular complexity index is 928. The number of halogens is 4. The zero-order chi connectivity index (χ0) is 20.1. The summed E-state index contributed by atoms with van der Waals surface area (Å²) in [5.74, 6) is 0.229. The van der Waals surface area contributed by atoms with Gasteiger partial charge < -0.3 is 15.1 Å². The highest BCUT2D eigenvalue weighted by Gasteiger charge is 2.33. The van der Waals surface area contributed by atoms with Gasteiger partial charge in [0.15, 0.2) is 18.3 Å². The van der Waals surface area contributed by atoms with E-state index in [1.807, 2.05) is 30.3 Å². The Morgan fingerprint density at radius 2 is 1.86 bits per heavy atom. The molecule has 1 atom stereocenters. The summed E-state index contributed by atoms with van der Waals surface area (Å²) in [7, 11) is 0. The summed E-state index contributed by atoms with van der Waals surface area (Å²) >= 11 is 5.60. The van der Waals surface area contributed by atoms with Crippen LogP contribution in [0.2, 0.25) is 5.02 Å². The molecule has 0 unspecified atom stereocenters. The van der Waals surface area contributed by atoms with E-state index in [2.05, 4.69) is 5.32 Å². The Balaban J connectivity index is 1.69. The van der Waals surface area contributed by atoms with E-state index < -0.39 is 22.7 Å². The molecule has 0 aliphatic heterocycles. The van der Waals surface area contributed by atoms with Crippen LogP contribution >= 0.6 is 11.6 Å². The number of benzene rings is 2. The Hall–Kier alpha value is -2.77. The van der Waals surface area contributed by atoms with Crippen molar-refractivity contribution < 1.29 is 27.7 Å². The summed E-state index contributed by atoms with van der Waals surface area (Å²) in [5, 5.41) is 3.81. The lowest BCUT2D eigenvalue weighted by Crippen LogP contribution is -2.87. The third-order valence-electron chi connectivity index (χ3n) is 4.10. The monoisotopic (exact) mass is 409 g/mol. The first-order valence-electron chi connectivity index (χ1n) is 8.43. The molecule has 4 nitrogen and oxygen atoms in total. The van der Waals surface area contributed by atoms with Crippen molar-refractivity contribution in [3.8, 4) is 0 Å². The van der Waals surface area contributed by atoms with Crippen molar-refractivity contribution in [3.63, 3.8) is 0 Å². The maximum absolute atomic E-state index is 13.0. The first-order chi connectivity index (χ1) is 13.3. The lowest BCUT2D eigenvalue weighted by molar-refractivity contribution is -0.678. The molecule has 3 aromatic rings. The van der Waals surface area contributed by atoms with Gasteiger partial charge in [-0.25, -0.2) is 0 Å².